The average molecular weight is 278 g/mol. The van der Waals surface area contributed by atoms with Crippen molar-refractivity contribution in [1.82, 2.24) is 10.2 Å². The van der Waals surface area contributed by atoms with Gasteiger partial charge in [0.1, 0.15) is 5.76 Å². The molecule has 2 unspecified atom stereocenters. The molecule has 1 saturated heterocycles. The number of rotatable bonds is 5. The Labute approximate surface area is 121 Å². The quantitative estimate of drug-likeness (QED) is 0.898. The van der Waals surface area contributed by atoms with Crippen LogP contribution in [-0.4, -0.2) is 36.7 Å². The normalized spacial score (nSPS) is 27.4. The Hall–Kier alpha value is -0.840. The first-order valence-electron chi connectivity index (χ1n) is 8.00. The Morgan fingerprint density at radius 1 is 1.35 bits per heavy atom. The molecule has 112 valence electrons. The van der Waals surface area contributed by atoms with Crippen molar-refractivity contribution < 1.29 is 9.15 Å². The standard InChI is InChI=1S/C16H26N2O2/c1-2-17-11-13-7-9-19-16(13)12-18-8-10-20-15-6-4-3-5-14(15)18/h7,9,14-15,17H,2-6,8,10-12H2,1H3. The van der Waals surface area contributed by atoms with Crippen LogP contribution in [0.5, 0.6) is 0 Å². The Bertz CT molecular complexity index is 416. The number of nitrogens with one attached hydrogen (secondary N) is 1. The fourth-order valence-electron chi connectivity index (χ4n) is 3.48. The summed E-state index contributed by atoms with van der Waals surface area (Å²) in [5, 5.41) is 3.38. The molecule has 3 rings (SSSR count). The zero-order valence-electron chi connectivity index (χ0n) is 12.4. The van der Waals surface area contributed by atoms with Crippen molar-refractivity contribution in [3.63, 3.8) is 0 Å². The average Bonchev–Trinajstić information content (AvgIpc) is 2.93. The zero-order chi connectivity index (χ0) is 13.8. The second-order valence-corrected chi connectivity index (χ2v) is 5.88. The van der Waals surface area contributed by atoms with Gasteiger partial charge in [-0.05, 0) is 25.5 Å². The van der Waals surface area contributed by atoms with Crippen molar-refractivity contribution in [3.05, 3.63) is 23.7 Å². The van der Waals surface area contributed by atoms with Crippen molar-refractivity contribution in [2.75, 3.05) is 19.7 Å². The summed E-state index contributed by atoms with van der Waals surface area (Å²) in [6.07, 6.45) is 7.42. The topological polar surface area (TPSA) is 37.6 Å². The van der Waals surface area contributed by atoms with Gasteiger partial charge in [0.15, 0.2) is 0 Å². The van der Waals surface area contributed by atoms with Crippen molar-refractivity contribution in [2.45, 2.75) is 57.8 Å². The third kappa shape index (κ3) is 3.08. The number of hydrogen-bond acceptors (Lipinski definition) is 4. The van der Waals surface area contributed by atoms with Crippen LogP contribution in [-0.2, 0) is 17.8 Å². The van der Waals surface area contributed by atoms with Gasteiger partial charge < -0.3 is 14.5 Å². The highest BCUT2D eigenvalue weighted by molar-refractivity contribution is 5.17. The number of nitrogens with zero attached hydrogens (tertiary/aromatic N) is 1. The molecular weight excluding hydrogens is 252 g/mol. The molecule has 1 aliphatic carbocycles. The van der Waals surface area contributed by atoms with Crippen LogP contribution >= 0.6 is 0 Å². The molecule has 0 amide bonds. The first kappa shape index (κ1) is 14.1. The maximum Gasteiger partial charge on any atom is 0.122 e. The Morgan fingerprint density at radius 3 is 3.15 bits per heavy atom. The highest BCUT2D eigenvalue weighted by atomic mass is 16.5. The molecule has 4 nitrogen and oxygen atoms in total. The minimum atomic E-state index is 0.449. The first-order valence-corrected chi connectivity index (χ1v) is 8.00. The molecule has 0 aromatic carbocycles. The van der Waals surface area contributed by atoms with E-state index in [9.17, 15) is 0 Å². The fourth-order valence-corrected chi connectivity index (χ4v) is 3.48. The molecule has 2 heterocycles. The lowest BCUT2D eigenvalue weighted by atomic mass is 9.90. The maximum atomic E-state index is 5.94. The monoisotopic (exact) mass is 278 g/mol. The molecule has 1 aromatic rings. The second-order valence-electron chi connectivity index (χ2n) is 5.88. The molecular formula is C16H26N2O2. The molecule has 1 saturated carbocycles. The van der Waals surface area contributed by atoms with Crippen LogP contribution in [0.1, 0.15) is 43.9 Å². The van der Waals surface area contributed by atoms with E-state index >= 15 is 0 Å². The number of ether oxygens (including phenoxy) is 1. The number of furan rings is 1. The van der Waals surface area contributed by atoms with Crippen molar-refractivity contribution in [2.24, 2.45) is 0 Å². The molecule has 0 spiro atoms. The van der Waals surface area contributed by atoms with E-state index in [1.807, 2.05) is 6.26 Å². The number of morpholine rings is 1. The van der Waals surface area contributed by atoms with Crippen LogP contribution in [0.3, 0.4) is 0 Å². The van der Waals surface area contributed by atoms with Gasteiger partial charge in [-0.1, -0.05) is 19.8 Å². The lowest BCUT2D eigenvalue weighted by Crippen LogP contribution is -2.52. The smallest absolute Gasteiger partial charge is 0.122 e. The molecule has 0 bridgehead atoms. The van der Waals surface area contributed by atoms with Crippen LogP contribution in [0.15, 0.2) is 16.7 Å². The SMILES string of the molecule is CCNCc1ccoc1CN1CCOC2CCCCC21. The van der Waals surface area contributed by atoms with Crippen LogP contribution in [0.4, 0.5) is 0 Å². The van der Waals surface area contributed by atoms with Crippen molar-refractivity contribution in [1.29, 1.82) is 0 Å². The van der Waals surface area contributed by atoms with Crippen LogP contribution in [0.2, 0.25) is 0 Å². The summed E-state index contributed by atoms with van der Waals surface area (Å²) in [6.45, 7) is 6.85. The minimum absolute atomic E-state index is 0.449. The molecule has 4 heteroatoms. The molecule has 2 aliphatic rings. The highest BCUT2D eigenvalue weighted by Crippen LogP contribution is 2.30. The van der Waals surface area contributed by atoms with E-state index in [1.54, 1.807) is 0 Å². The van der Waals surface area contributed by atoms with E-state index in [1.165, 1.54) is 31.2 Å². The Kier molecular flexibility index (Phi) is 4.76. The summed E-state index contributed by atoms with van der Waals surface area (Å²) >= 11 is 0. The van der Waals surface area contributed by atoms with Gasteiger partial charge in [0.05, 0.1) is 25.5 Å². The van der Waals surface area contributed by atoms with Crippen LogP contribution in [0, 0.1) is 0 Å². The van der Waals surface area contributed by atoms with E-state index in [0.717, 1.165) is 38.5 Å². The van der Waals surface area contributed by atoms with Crippen LogP contribution in [0.25, 0.3) is 0 Å². The highest BCUT2D eigenvalue weighted by Gasteiger charge is 2.34. The first-order chi connectivity index (χ1) is 9.88. The molecule has 20 heavy (non-hydrogen) atoms. The summed E-state index contributed by atoms with van der Waals surface area (Å²) in [6, 6.07) is 2.69. The Balaban J connectivity index is 1.65. The summed E-state index contributed by atoms with van der Waals surface area (Å²) < 4.78 is 11.7. The summed E-state index contributed by atoms with van der Waals surface area (Å²) in [7, 11) is 0. The van der Waals surface area contributed by atoms with Crippen molar-refractivity contribution >= 4 is 0 Å². The van der Waals surface area contributed by atoms with E-state index in [2.05, 4.69) is 23.2 Å². The second kappa shape index (κ2) is 6.74. The van der Waals surface area contributed by atoms with Gasteiger partial charge in [0.25, 0.3) is 0 Å². The minimum Gasteiger partial charge on any atom is -0.468 e. The van der Waals surface area contributed by atoms with E-state index in [-0.39, 0.29) is 0 Å². The third-order valence-electron chi connectivity index (χ3n) is 4.60. The van der Waals surface area contributed by atoms with E-state index in [0.29, 0.717) is 12.1 Å². The summed E-state index contributed by atoms with van der Waals surface area (Å²) in [5.74, 6) is 1.12. The number of fused-ring (bicyclic) bond motifs is 1. The van der Waals surface area contributed by atoms with Gasteiger partial charge in [-0.3, -0.25) is 4.90 Å². The largest absolute Gasteiger partial charge is 0.468 e. The molecule has 1 aromatic heterocycles. The van der Waals surface area contributed by atoms with E-state index in [4.69, 9.17) is 9.15 Å². The third-order valence-corrected chi connectivity index (χ3v) is 4.60. The molecule has 0 radical (unpaired) electrons. The van der Waals surface area contributed by atoms with Crippen molar-refractivity contribution in [3.8, 4) is 0 Å². The Morgan fingerprint density at radius 2 is 2.25 bits per heavy atom. The van der Waals surface area contributed by atoms with Gasteiger partial charge in [-0.15, -0.1) is 0 Å². The summed E-state index contributed by atoms with van der Waals surface area (Å²) in [4.78, 5) is 2.57. The van der Waals surface area contributed by atoms with Gasteiger partial charge in [-0.2, -0.15) is 0 Å². The molecule has 1 N–H and O–H groups in total. The van der Waals surface area contributed by atoms with Crippen LogP contribution < -0.4 is 5.32 Å². The molecule has 2 atom stereocenters. The fraction of sp³-hybridized carbons (Fsp3) is 0.750. The zero-order valence-corrected chi connectivity index (χ0v) is 12.4. The number of hydrogen-bond donors (Lipinski definition) is 1. The lowest BCUT2D eigenvalue weighted by Gasteiger charge is -2.43. The van der Waals surface area contributed by atoms with Gasteiger partial charge in [0, 0.05) is 24.7 Å². The molecule has 2 fully saturated rings. The van der Waals surface area contributed by atoms with Gasteiger partial charge >= 0.3 is 0 Å². The predicted octanol–water partition coefficient (Wildman–Crippen LogP) is 2.53. The van der Waals surface area contributed by atoms with Gasteiger partial charge in [-0.25, -0.2) is 0 Å². The molecule has 1 aliphatic heterocycles. The van der Waals surface area contributed by atoms with E-state index < -0.39 is 0 Å². The van der Waals surface area contributed by atoms with Gasteiger partial charge in [0.2, 0.25) is 0 Å². The predicted molar refractivity (Wildman–Crippen MR) is 78.5 cm³/mol. The lowest BCUT2D eigenvalue weighted by molar-refractivity contribution is -0.0927. The maximum absolute atomic E-state index is 5.94. The summed E-state index contributed by atoms with van der Waals surface area (Å²) in [5.41, 5.74) is 1.30.